The number of carboxylic acids is 1. The Morgan fingerprint density at radius 3 is 2.53 bits per heavy atom. The van der Waals surface area contributed by atoms with Gasteiger partial charge >= 0.3 is 12.1 Å². The number of rotatable bonds is 6. The van der Waals surface area contributed by atoms with Gasteiger partial charge in [-0.05, 0) is 25.0 Å². The van der Waals surface area contributed by atoms with Gasteiger partial charge in [-0.15, -0.1) is 10.2 Å². The van der Waals surface area contributed by atoms with Crippen molar-refractivity contribution in [3.8, 4) is 5.75 Å². The number of nitrogens with zero attached hydrogens (tertiary/aromatic N) is 4. The Morgan fingerprint density at radius 2 is 1.92 bits per heavy atom. The molecule has 0 unspecified atom stereocenters. The number of fused-ring (bicyclic) bond motifs is 1. The molecule has 198 valence electrons. The third kappa shape index (κ3) is 6.92. The number of amides is 1. The van der Waals surface area contributed by atoms with Gasteiger partial charge < -0.3 is 34.1 Å². The van der Waals surface area contributed by atoms with Crippen LogP contribution in [0.1, 0.15) is 29.3 Å². The van der Waals surface area contributed by atoms with E-state index in [2.05, 4.69) is 20.4 Å². The molecule has 0 radical (unpaired) electrons. The number of likely N-dealkylation sites (tertiary alicyclic amines) is 1. The second kappa shape index (κ2) is 11.7. The highest BCUT2D eigenvalue weighted by Gasteiger charge is 2.41. The molecule has 1 saturated heterocycles. The van der Waals surface area contributed by atoms with E-state index in [0.717, 1.165) is 39.1 Å². The average Bonchev–Trinajstić information content (AvgIpc) is 3.26. The van der Waals surface area contributed by atoms with E-state index in [1.54, 1.807) is 20.3 Å². The van der Waals surface area contributed by atoms with Crippen molar-refractivity contribution in [2.24, 2.45) is 0 Å². The molecule has 36 heavy (non-hydrogen) atoms. The summed E-state index contributed by atoms with van der Waals surface area (Å²) in [5.41, 5.74) is 0.379. The van der Waals surface area contributed by atoms with Gasteiger partial charge in [0, 0.05) is 38.5 Å². The van der Waals surface area contributed by atoms with Crippen LogP contribution in [0.5, 0.6) is 5.75 Å². The molecule has 0 saturated carbocycles. The van der Waals surface area contributed by atoms with Gasteiger partial charge in [0.25, 0.3) is 5.91 Å². The zero-order valence-corrected chi connectivity index (χ0v) is 19.9. The fraction of sp³-hybridized carbons (Fsp3) is 0.545. The number of aromatic nitrogens is 3. The molecule has 2 N–H and O–H groups in total. The topological polar surface area (TPSA) is 128 Å². The summed E-state index contributed by atoms with van der Waals surface area (Å²) in [6.07, 6.45) is -3.27. The molecular formula is C22H28F3N5O6. The Hall–Kier alpha value is -3.23. The highest BCUT2D eigenvalue weighted by atomic mass is 19.4. The van der Waals surface area contributed by atoms with E-state index in [0.29, 0.717) is 36.2 Å². The molecule has 2 aromatic rings. The maximum Gasteiger partial charge on any atom is 0.490 e. The lowest BCUT2D eigenvalue weighted by Gasteiger charge is -2.44. The van der Waals surface area contributed by atoms with Gasteiger partial charge in [-0.1, -0.05) is 6.07 Å². The van der Waals surface area contributed by atoms with Crippen LogP contribution in [-0.4, -0.2) is 88.9 Å². The molecule has 14 heteroatoms. The van der Waals surface area contributed by atoms with Gasteiger partial charge in [0.05, 0.1) is 25.9 Å². The van der Waals surface area contributed by atoms with Crippen molar-refractivity contribution in [2.45, 2.75) is 37.8 Å². The quantitative estimate of drug-likeness (QED) is 0.595. The molecule has 2 aliphatic rings. The van der Waals surface area contributed by atoms with Gasteiger partial charge in [-0.2, -0.15) is 13.2 Å². The van der Waals surface area contributed by atoms with Crippen LogP contribution in [-0.2, 0) is 27.4 Å². The summed E-state index contributed by atoms with van der Waals surface area (Å²) < 4.78 is 50.2. The Balaban J connectivity index is 0.000000454. The summed E-state index contributed by atoms with van der Waals surface area (Å²) in [5, 5.41) is 18.3. The molecule has 1 aromatic carbocycles. The number of halogens is 3. The predicted molar refractivity (Wildman–Crippen MR) is 120 cm³/mol. The Morgan fingerprint density at radius 1 is 1.22 bits per heavy atom. The van der Waals surface area contributed by atoms with E-state index in [1.165, 1.54) is 0 Å². The minimum atomic E-state index is -5.08. The summed E-state index contributed by atoms with van der Waals surface area (Å²) in [4.78, 5) is 24.1. The number of benzene rings is 1. The maximum atomic E-state index is 12.9. The molecule has 11 nitrogen and oxygen atoms in total. The zero-order chi connectivity index (χ0) is 26.3. The number of alkyl halides is 3. The first-order valence-electron chi connectivity index (χ1n) is 11.1. The lowest BCUT2D eigenvalue weighted by atomic mass is 9.90. The SMILES string of the molecule is COCCN1CCC2(CC1)Cn1c(nnc1C(=O)Nc1cccc(OC)c1)CO2.O=C(O)C(F)(F)F. The molecule has 4 rings (SSSR count). The molecule has 0 aliphatic carbocycles. The number of methoxy groups -OCH3 is 2. The van der Waals surface area contributed by atoms with Crippen molar-refractivity contribution in [3.63, 3.8) is 0 Å². The first-order chi connectivity index (χ1) is 17.1. The van der Waals surface area contributed by atoms with Crippen LogP contribution >= 0.6 is 0 Å². The van der Waals surface area contributed by atoms with Crippen molar-refractivity contribution < 1.29 is 42.1 Å². The molecule has 0 atom stereocenters. The number of nitrogens with one attached hydrogen (secondary N) is 1. The van der Waals surface area contributed by atoms with Crippen molar-refractivity contribution in [1.29, 1.82) is 0 Å². The van der Waals surface area contributed by atoms with Crippen molar-refractivity contribution in [1.82, 2.24) is 19.7 Å². The first kappa shape index (κ1) is 27.4. The molecule has 3 heterocycles. The van der Waals surface area contributed by atoms with E-state index in [9.17, 15) is 18.0 Å². The van der Waals surface area contributed by atoms with Crippen molar-refractivity contribution in [2.75, 3.05) is 45.8 Å². The zero-order valence-electron chi connectivity index (χ0n) is 19.9. The van der Waals surface area contributed by atoms with Gasteiger partial charge in [0.1, 0.15) is 12.4 Å². The van der Waals surface area contributed by atoms with Crippen LogP contribution in [0.25, 0.3) is 0 Å². The average molecular weight is 515 g/mol. The number of aliphatic carboxylic acids is 1. The maximum absolute atomic E-state index is 12.9. The lowest BCUT2D eigenvalue weighted by molar-refractivity contribution is -0.192. The van der Waals surface area contributed by atoms with E-state index < -0.39 is 12.1 Å². The third-order valence-corrected chi connectivity index (χ3v) is 5.93. The molecule has 1 aromatic heterocycles. The number of anilines is 1. The molecule has 1 fully saturated rings. The van der Waals surface area contributed by atoms with Gasteiger partial charge in [0.2, 0.25) is 5.82 Å². The van der Waals surface area contributed by atoms with Crippen LogP contribution in [0.15, 0.2) is 24.3 Å². The minimum Gasteiger partial charge on any atom is -0.497 e. The number of piperidine rings is 1. The van der Waals surface area contributed by atoms with E-state index in [4.69, 9.17) is 24.1 Å². The highest BCUT2D eigenvalue weighted by Crippen LogP contribution is 2.33. The molecule has 0 bridgehead atoms. The molecule has 2 aliphatic heterocycles. The second-order valence-electron chi connectivity index (χ2n) is 8.32. The number of hydrogen-bond donors (Lipinski definition) is 2. The number of ether oxygens (including phenoxy) is 3. The summed E-state index contributed by atoms with van der Waals surface area (Å²) >= 11 is 0. The minimum absolute atomic E-state index is 0.274. The summed E-state index contributed by atoms with van der Waals surface area (Å²) in [7, 11) is 3.32. The van der Waals surface area contributed by atoms with Crippen LogP contribution in [0.4, 0.5) is 18.9 Å². The number of carbonyl (C=O) groups excluding carboxylic acids is 1. The van der Waals surface area contributed by atoms with Gasteiger partial charge in [0.15, 0.2) is 5.82 Å². The van der Waals surface area contributed by atoms with E-state index in [1.807, 2.05) is 22.8 Å². The fourth-order valence-electron chi connectivity index (χ4n) is 3.92. The summed E-state index contributed by atoms with van der Waals surface area (Å²) in [6.45, 7) is 4.53. The van der Waals surface area contributed by atoms with E-state index in [-0.39, 0.29) is 11.5 Å². The lowest BCUT2D eigenvalue weighted by Crippen LogP contribution is -2.51. The smallest absolute Gasteiger partial charge is 0.490 e. The Bertz CT molecular complexity index is 1050. The third-order valence-electron chi connectivity index (χ3n) is 5.93. The van der Waals surface area contributed by atoms with Crippen LogP contribution in [0.3, 0.4) is 0 Å². The van der Waals surface area contributed by atoms with Gasteiger partial charge in [-0.25, -0.2) is 4.79 Å². The van der Waals surface area contributed by atoms with Gasteiger partial charge in [-0.3, -0.25) is 4.79 Å². The Labute approximate surface area is 205 Å². The van der Waals surface area contributed by atoms with Crippen LogP contribution in [0.2, 0.25) is 0 Å². The van der Waals surface area contributed by atoms with Crippen molar-refractivity contribution in [3.05, 3.63) is 35.9 Å². The number of carbonyl (C=O) groups is 2. The standard InChI is InChI=1S/C20H27N5O4.C2HF3O2/c1-27-11-10-24-8-6-20(7-9-24)14-25-17(13-29-20)22-23-18(25)19(26)21-15-4-3-5-16(12-15)28-2;3-2(4,5)1(6)7/h3-5,12H,6-11,13-14H2,1-2H3,(H,21,26);(H,6,7). The van der Waals surface area contributed by atoms with Crippen LogP contribution in [0, 0.1) is 0 Å². The number of hydrogen-bond acceptors (Lipinski definition) is 8. The largest absolute Gasteiger partial charge is 0.497 e. The van der Waals surface area contributed by atoms with Crippen molar-refractivity contribution >= 4 is 17.6 Å². The number of carboxylic acid groups (broad SMARTS) is 1. The predicted octanol–water partition coefficient (Wildman–Crippen LogP) is 2.18. The second-order valence-corrected chi connectivity index (χ2v) is 8.32. The normalized spacial score (nSPS) is 17.0. The summed E-state index contributed by atoms with van der Waals surface area (Å²) in [5.74, 6) is -1.36. The molecule has 1 spiro atoms. The monoisotopic (exact) mass is 515 g/mol. The molecule has 1 amide bonds. The molecular weight excluding hydrogens is 487 g/mol. The Kier molecular flexibility index (Phi) is 8.87. The highest BCUT2D eigenvalue weighted by molar-refractivity contribution is 6.01. The van der Waals surface area contributed by atoms with E-state index >= 15 is 0 Å². The van der Waals surface area contributed by atoms with Crippen LogP contribution < -0.4 is 10.1 Å². The fourth-order valence-corrected chi connectivity index (χ4v) is 3.92. The summed E-state index contributed by atoms with van der Waals surface area (Å²) in [6, 6.07) is 7.24. The first-order valence-corrected chi connectivity index (χ1v) is 11.1.